The molecule has 1 heterocycles. The van der Waals surface area contributed by atoms with Gasteiger partial charge in [-0.1, -0.05) is 0 Å². The van der Waals surface area contributed by atoms with Crippen LogP contribution < -0.4 is 5.32 Å². The van der Waals surface area contributed by atoms with Crippen LogP contribution in [0.15, 0.2) is 18.2 Å². The summed E-state index contributed by atoms with van der Waals surface area (Å²) in [5.74, 6) is -1.21. The van der Waals surface area contributed by atoms with E-state index in [9.17, 15) is 19.8 Å². The SMILES string of the molecule is CC(NC(=O)c1ccc(O)c(O)c1)C(=O)N1CCCC1. The molecular weight excluding hydrogens is 260 g/mol. The summed E-state index contributed by atoms with van der Waals surface area (Å²) in [5.41, 5.74) is 0.196. The zero-order chi connectivity index (χ0) is 14.7. The van der Waals surface area contributed by atoms with Gasteiger partial charge in [-0.2, -0.15) is 0 Å². The van der Waals surface area contributed by atoms with Crippen LogP contribution in [-0.4, -0.2) is 46.1 Å². The van der Waals surface area contributed by atoms with Gasteiger partial charge in [0, 0.05) is 18.7 Å². The highest BCUT2D eigenvalue weighted by Gasteiger charge is 2.24. The Hall–Kier alpha value is -2.24. The molecule has 1 fully saturated rings. The van der Waals surface area contributed by atoms with Crippen molar-refractivity contribution in [2.24, 2.45) is 0 Å². The molecule has 1 unspecified atom stereocenters. The monoisotopic (exact) mass is 278 g/mol. The fourth-order valence-corrected chi connectivity index (χ4v) is 2.22. The highest BCUT2D eigenvalue weighted by atomic mass is 16.3. The number of carbonyl (C=O) groups is 2. The average molecular weight is 278 g/mol. The minimum absolute atomic E-state index is 0.0983. The molecule has 108 valence electrons. The summed E-state index contributed by atoms with van der Waals surface area (Å²) in [6, 6.07) is 3.17. The molecule has 2 amide bonds. The van der Waals surface area contributed by atoms with E-state index in [0.29, 0.717) is 0 Å². The number of hydrogen-bond acceptors (Lipinski definition) is 4. The topological polar surface area (TPSA) is 89.9 Å². The smallest absolute Gasteiger partial charge is 0.252 e. The van der Waals surface area contributed by atoms with Gasteiger partial charge in [-0.3, -0.25) is 9.59 Å². The van der Waals surface area contributed by atoms with Crippen LogP contribution in [-0.2, 0) is 4.79 Å². The van der Waals surface area contributed by atoms with Crippen LogP contribution >= 0.6 is 0 Å². The number of carbonyl (C=O) groups excluding carboxylic acids is 2. The Morgan fingerprint density at radius 2 is 1.85 bits per heavy atom. The van der Waals surface area contributed by atoms with Gasteiger partial charge in [0.1, 0.15) is 6.04 Å². The molecular formula is C14H18N2O4. The Morgan fingerprint density at radius 1 is 1.20 bits per heavy atom. The number of phenolic OH excluding ortho intramolecular Hbond substituents is 2. The molecule has 0 radical (unpaired) electrons. The maximum atomic E-state index is 12.1. The number of nitrogens with zero attached hydrogens (tertiary/aromatic N) is 1. The summed E-state index contributed by atoms with van der Waals surface area (Å²) in [4.78, 5) is 25.8. The van der Waals surface area contributed by atoms with E-state index in [1.807, 2.05) is 0 Å². The van der Waals surface area contributed by atoms with Crippen LogP contribution in [0.1, 0.15) is 30.1 Å². The third-order valence-corrected chi connectivity index (χ3v) is 3.37. The highest BCUT2D eigenvalue weighted by Crippen LogP contribution is 2.24. The normalized spacial score (nSPS) is 15.9. The number of nitrogens with one attached hydrogen (secondary N) is 1. The highest BCUT2D eigenvalue weighted by molar-refractivity contribution is 5.97. The van der Waals surface area contributed by atoms with Gasteiger partial charge in [0.25, 0.3) is 5.91 Å². The van der Waals surface area contributed by atoms with E-state index in [4.69, 9.17) is 0 Å². The number of phenols is 2. The Labute approximate surface area is 117 Å². The first kappa shape index (κ1) is 14.2. The van der Waals surface area contributed by atoms with E-state index >= 15 is 0 Å². The molecule has 0 saturated carbocycles. The van der Waals surface area contributed by atoms with Crippen molar-refractivity contribution in [1.82, 2.24) is 10.2 Å². The summed E-state index contributed by atoms with van der Waals surface area (Å²) < 4.78 is 0. The second kappa shape index (κ2) is 5.81. The average Bonchev–Trinajstić information content (AvgIpc) is 2.94. The fourth-order valence-electron chi connectivity index (χ4n) is 2.22. The summed E-state index contributed by atoms with van der Waals surface area (Å²) in [5, 5.41) is 21.2. The van der Waals surface area contributed by atoms with E-state index in [1.165, 1.54) is 12.1 Å². The lowest BCUT2D eigenvalue weighted by molar-refractivity contribution is -0.131. The molecule has 3 N–H and O–H groups in total. The molecule has 1 saturated heterocycles. The number of aromatic hydroxyl groups is 2. The molecule has 0 spiro atoms. The first-order chi connectivity index (χ1) is 9.49. The standard InChI is InChI=1S/C14H18N2O4/c1-9(14(20)16-6-2-3-7-16)15-13(19)10-4-5-11(17)12(18)8-10/h4-5,8-9,17-18H,2-3,6-7H2,1H3,(H,15,19). The quantitative estimate of drug-likeness (QED) is 0.715. The van der Waals surface area contributed by atoms with Crippen LogP contribution in [0.2, 0.25) is 0 Å². The molecule has 2 rings (SSSR count). The van der Waals surface area contributed by atoms with Gasteiger partial charge in [-0.15, -0.1) is 0 Å². The summed E-state index contributed by atoms with van der Waals surface area (Å²) in [6.45, 7) is 3.11. The third-order valence-electron chi connectivity index (χ3n) is 3.37. The van der Waals surface area contributed by atoms with Gasteiger partial charge in [0.15, 0.2) is 11.5 Å². The second-order valence-electron chi connectivity index (χ2n) is 4.93. The first-order valence-corrected chi connectivity index (χ1v) is 6.60. The molecule has 0 bridgehead atoms. The first-order valence-electron chi connectivity index (χ1n) is 6.60. The van der Waals surface area contributed by atoms with Crippen molar-refractivity contribution in [3.05, 3.63) is 23.8 Å². The van der Waals surface area contributed by atoms with Crippen LogP contribution in [0.3, 0.4) is 0 Å². The maximum Gasteiger partial charge on any atom is 0.252 e. The molecule has 1 aromatic rings. The number of hydrogen-bond donors (Lipinski definition) is 3. The number of amides is 2. The largest absolute Gasteiger partial charge is 0.504 e. The van der Waals surface area contributed by atoms with Crippen LogP contribution in [0.25, 0.3) is 0 Å². The van der Waals surface area contributed by atoms with Gasteiger partial charge in [0.05, 0.1) is 0 Å². The molecule has 6 heteroatoms. The van der Waals surface area contributed by atoms with Gasteiger partial charge in [-0.25, -0.2) is 0 Å². The van der Waals surface area contributed by atoms with Crippen molar-refractivity contribution in [3.8, 4) is 11.5 Å². The third kappa shape index (κ3) is 3.01. The molecule has 6 nitrogen and oxygen atoms in total. The maximum absolute atomic E-state index is 12.1. The van der Waals surface area contributed by atoms with Gasteiger partial charge < -0.3 is 20.4 Å². The lowest BCUT2D eigenvalue weighted by atomic mass is 10.1. The van der Waals surface area contributed by atoms with Crippen molar-refractivity contribution in [2.45, 2.75) is 25.8 Å². The van der Waals surface area contributed by atoms with E-state index in [2.05, 4.69) is 5.32 Å². The summed E-state index contributed by atoms with van der Waals surface area (Å²) >= 11 is 0. The van der Waals surface area contributed by atoms with Crippen molar-refractivity contribution in [1.29, 1.82) is 0 Å². The van der Waals surface area contributed by atoms with Gasteiger partial charge in [0.2, 0.25) is 5.91 Å². The van der Waals surface area contributed by atoms with Crippen LogP contribution in [0.4, 0.5) is 0 Å². The minimum atomic E-state index is -0.614. The summed E-state index contributed by atoms with van der Waals surface area (Å²) in [6.07, 6.45) is 2.00. The lowest BCUT2D eigenvalue weighted by Gasteiger charge is -2.21. The number of likely N-dealkylation sites (tertiary alicyclic amines) is 1. The van der Waals surface area contributed by atoms with E-state index in [0.717, 1.165) is 32.0 Å². The van der Waals surface area contributed by atoms with Crippen molar-refractivity contribution < 1.29 is 19.8 Å². The summed E-state index contributed by atoms with van der Waals surface area (Å²) in [7, 11) is 0. The zero-order valence-electron chi connectivity index (χ0n) is 11.3. The predicted molar refractivity (Wildman–Crippen MR) is 72.5 cm³/mol. The van der Waals surface area contributed by atoms with Crippen molar-refractivity contribution in [3.63, 3.8) is 0 Å². The molecule has 1 aromatic carbocycles. The Bertz CT molecular complexity index is 524. The zero-order valence-corrected chi connectivity index (χ0v) is 11.3. The van der Waals surface area contributed by atoms with Crippen LogP contribution in [0.5, 0.6) is 11.5 Å². The molecule has 1 aliphatic heterocycles. The van der Waals surface area contributed by atoms with Gasteiger partial charge in [-0.05, 0) is 38.0 Å². The lowest BCUT2D eigenvalue weighted by Crippen LogP contribution is -2.45. The molecule has 0 aliphatic carbocycles. The van der Waals surface area contributed by atoms with Crippen molar-refractivity contribution >= 4 is 11.8 Å². The Kier molecular flexibility index (Phi) is 4.12. The van der Waals surface area contributed by atoms with Crippen LogP contribution in [0, 0.1) is 0 Å². The van der Waals surface area contributed by atoms with E-state index < -0.39 is 11.9 Å². The number of benzene rings is 1. The van der Waals surface area contributed by atoms with E-state index in [1.54, 1.807) is 11.8 Å². The van der Waals surface area contributed by atoms with E-state index in [-0.39, 0.29) is 23.0 Å². The predicted octanol–water partition coefficient (Wildman–Crippen LogP) is 0.839. The number of rotatable bonds is 3. The second-order valence-corrected chi connectivity index (χ2v) is 4.93. The minimum Gasteiger partial charge on any atom is -0.504 e. The molecule has 1 atom stereocenters. The van der Waals surface area contributed by atoms with Gasteiger partial charge >= 0.3 is 0 Å². The molecule has 20 heavy (non-hydrogen) atoms. The fraction of sp³-hybridized carbons (Fsp3) is 0.429. The molecule has 1 aliphatic rings. The Morgan fingerprint density at radius 3 is 2.45 bits per heavy atom. The van der Waals surface area contributed by atoms with Crippen molar-refractivity contribution in [2.75, 3.05) is 13.1 Å². The molecule has 0 aromatic heterocycles. The Balaban J connectivity index is 1.99.